The Labute approximate surface area is 113 Å². The molecule has 0 bridgehead atoms. The molecular weight excluding hydrogens is 236 g/mol. The third-order valence-corrected chi connectivity index (χ3v) is 4.72. The first-order valence-electron chi connectivity index (χ1n) is 7.27. The number of carbonyl (C=O) groups is 1. The molecule has 1 saturated carbocycles. The summed E-state index contributed by atoms with van der Waals surface area (Å²) in [7, 11) is 0. The van der Waals surface area contributed by atoms with Crippen molar-refractivity contribution >= 4 is 5.78 Å². The van der Waals surface area contributed by atoms with Crippen molar-refractivity contribution in [3.63, 3.8) is 0 Å². The van der Waals surface area contributed by atoms with Gasteiger partial charge in [0.05, 0.1) is 0 Å². The average molecular weight is 254 g/mol. The number of nitrogens with zero attached hydrogens (tertiary/aromatic N) is 2. The summed E-state index contributed by atoms with van der Waals surface area (Å²) in [6, 6.07) is 2.03. The van der Waals surface area contributed by atoms with Crippen LogP contribution >= 0.6 is 0 Å². The number of carbonyl (C=O) groups excluding carboxylic acids is 1. The largest absolute Gasteiger partial charge is 0.292 e. The second-order valence-corrected chi connectivity index (χ2v) is 5.85. The normalized spacial score (nSPS) is 30.8. The van der Waals surface area contributed by atoms with E-state index in [0.29, 0.717) is 18.0 Å². The van der Waals surface area contributed by atoms with Crippen LogP contribution in [0.2, 0.25) is 0 Å². The Kier molecular flexibility index (Phi) is 2.32. The van der Waals surface area contributed by atoms with Gasteiger partial charge in [0.25, 0.3) is 0 Å². The third kappa shape index (κ3) is 1.64. The van der Waals surface area contributed by atoms with E-state index in [1.807, 2.05) is 17.7 Å². The highest BCUT2D eigenvalue weighted by atomic mass is 16.1. The molecule has 0 aromatic carbocycles. The van der Waals surface area contributed by atoms with Crippen LogP contribution in [0.4, 0.5) is 0 Å². The number of aromatic nitrogens is 2. The van der Waals surface area contributed by atoms with Crippen molar-refractivity contribution in [1.82, 2.24) is 9.78 Å². The molecule has 2 heterocycles. The average Bonchev–Trinajstić information content (AvgIpc) is 2.95. The molecule has 0 saturated heterocycles. The van der Waals surface area contributed by atoms with Crippen LogP contribution in [0.3, 0.4) is 0 Å². The van der Waals surface area contributed by atoms with Crippen molar-refractivity contribution in [2.75, 3.05) is 0 Å². The van der Waals surface area contributed by atoms with Gasteiger partial charge < -0.3 is 0 Å². The van der Waals surface area contributed by atoms with Crippen molar-refractivity contribution in [3.8, 4) is 0 Å². The van der Waals surface area contributed by atoms with Crippen LogP contribution in [0.15, 0.2) is 29.9 Å². The van der Waals surface area contributed by atoms with Gasteiger partial charge in [-0.1, -0.05) is 30.7 Å². The van der Waals surface area contributed by atoms with Gasteiger partial charge in [-0.15, -0.1) is 0 Å². The Morgan fingerprint density at radius 1 is 1.53 bits per heavy atom. The molecule has 2 unspecified atom stereocenters. The molecular formula is C16H18N2O. The molecule has 0 N–H and O–H groups in total. The number of ketones is 1. The van der Waals surface area contributed by atoms with E-state index in [9.17, 15) is 4.79 Å². The summed E-state index contributed by atoms with van der Waals surface area (Å²) in [4.78, 5) is 11.8. The van der Waals surface area contributed by atoms with Crippen LogP contribution in [0.25, 0.3) is 0 Å². The summed E-state index contributed by atoms with van der Waals surface area (Å²) >= 11 is 0. The predicted molar refractivity (Wildman–Crippen MR) is 73.0 cm³/mol. The zero-order chi connectivity index (χ0) is 13.0. The minimum atomic E-state index is 0.155. The molecule has 0 radical (unpaired) electrons. The molecule has 1 fully saturated rings. The molecule has 2 aliphatic carbocycles. The molecule has 3 atom stereocenters. The number of aryl methyl sites for hydroxylation is 1. The SMILES string of the molecule is CCC(=O)c1cc2n(n1)CC[C@H]2C1=CC=CC2CC12. The van der Waals surface area contributed by atoms with Crippen LogP contribution in [-0.4, -0.2) is 15.6 Å². The number of allylic oxidation sites excluding steroid dienone is 4. The van der Waals surface area contributed by atoms with E-state index >= 15 is 0 Å². The van der Waals surface area contributed by atoms with Gasteiger partial charge in [0.2, 0.25) is 0 Å². The first kappa shape index (κ1) is 11.2. The van der Waals surface area contributed by atoms with Gasteiger partial charge in [-0.05, 0) is 30.7 Å². The maximum atomic E-state index is 11.8. The summed E-state index contributed by atoms with van der Waals surface area (Å²) < 4.78 is 2.05. The molecule has 4 rings (SSSR count). The van der Waals surface area contributed by atoms with E-state index in [0.717, 1.165) is 24.8 Å². The van der Waals surface area contributed by atoms with E-state index in [-0.39, 0.29) is 5.78 Å². The zero-order valence-corrected chi connectivity index (χ0v) is 11.2. The second-order valence-electron chi connectivity index (χ2n) is 5.85. The molecule has 1 aromatic rings. The maximum absolute atomic E-state index is 11.8. The summed E-state index contributed by atoms with van der Waals surface area (Å²) in [6.07, 6.45) is 9.83. The molecule has 3 heteroatoms. The Morgan fingerprint density at radius 2 is 2.42 bits per heavy atom. The summed E-state index contributed by atoms with van der Waals surface area (Å²) in [5, 5.41) is 4.47. The van der Waals surface area contributed by atoms with Gasteiger partial charge in [0, 0.05) is 24.6 Å². The highest BCUT2D eigenvalue weighted by molar-refractivity contribution is 5.94. The summed E-state index contributed by atoms with van der Waals surface area (Å²) in [6.45, 7) is 2.85. The molecule has 3 aliphatic rings. The van der Waals surface area contributed by atoms with E-state index < -0.39 is 0 Å². The number of rotatable bonds is 3. The predicted octanol–water partition coefficient (Wildman–Crippen LogP) is 3.10. The first-order valence-corrected chi connectivity index (χ1v) is 7.27. The molecule has 0 spiro atoms. The minimum Gasteiger partial charge on any atom is -0.292 e. The lowest BCUT2D eigenvalue weighted by Crippen LogP contribution is -2.03. The molecule has 0 amide bonds. The fraction of sp³-hybridized carbons (Fsp3) is 0.500. The first-order chi connectivity index (χ1) is 9.28. The summed E-state index contributed by atoms with van der Waals surface area (Å²) in [5.74, 6) is 2.20. The van der Waals surface area contributed by atoms with Gasteiger partial charge in [-0.3, -0.25) is 9.48 Å². The molecule has 1 aliphatic heterocycles. The van der Waals surface area contributed by atoms with Gasteiger partial charge in [-0.2, -0.15) is 5.10 Å². The second kappa shape index (κ2) is 3.92. The Balaban J connectivity index is 1.68. The zero-order valence-electron chi connectivity index (χ0n) is 11.2. The number of hydrogen-bond donors (Lipinski definition) is 0. The van der Waals surface area contributed by atoms with Crippen molar-refractivity contribution < 1.29 is 4.79 Å². The van der Waals surface area contributed by atoms with Crippen molar-refractivity contribution in [3.05, 3.63) is 41.3 Å². The lowest BCUT2D eigenvalue weighted by Gasteiger charge is -2.15. The standard InChI is InChI=1S/C16H18N2O/c1-2-16(19)14-9-15-12(6-7-18(15)17-14)11-5-3-4-10-8-13(10)11/h3-5,9-10,12-13H,2,6-8H2,1H3/t10?,12-,13?/m0/s1. The van der Waals surface area contributed by atoms with Gasteiger partial charge >= 0.3 is 0 Å². The van der Waals surface area contributed by atoms with Crippen LogP contribution in [0.5, 0.6) is 0 Å². The monoisotopic (exact) mass is 254 g/mol. The molecule has 3 nitrogen and oxygen atoms in total. The Hall–Kier alpha value is -1.64. The fourth-order valence-corrected chi connectivity index (χ4v) is 3.56. The lowest BCUT2D eigenvalue weighted by molar-refractivity contribution is 0.0982. The van der Waals surface area contributed by atoms with E-state index in [4.69, 9.17) is 0 Å². The number of hydrogen-bond acceptors (Lipinski definition) is 2. The van der Waals surface area contributed by atoms with E-state index in [2.05, 4.69) is 23.3 Å². The number of Topliss-reactive ketones (excluding diaryl/α,β-unsaturated/α-hetero) is 1. The van der Waals surface area contributed by atoms with Crippen LogP contribution in [0, 0.1) is 11.8 Å². The topological polar surface area (TPSA) is 34.9 Å². The summed E-state index contributed by atoms with van der Waals surface area (Å²) in [5.41, 5.74) is 3.48. The smallest absolute Gasteiger partial charge is 0.182 e. The highest BCUT2D eigenvalue weighted by Crippen LogP contribution is 2.53. The maximum Gasteiger partial charge on any atom is 0.182 e. The Morgan fingerprint density at radius 3 is 3.26 bits per heavy atom. The third-order valence-electron chi connectivity index (χ3n) is 4.72. The fourth-order valence-electron chi connectivity index (χ4n) is 3.56. The van der Waals surface area contributed by atoms with Gasteiger partial charge in [0.1, 0.15) is 5.69 Å². The van der Waals surface area contributed by atoms with Crippen molar-refractivity contribution in [2.45, 2.75) is 38.6 Å². The van der Waals surface area contributed by atoms with Crippen LogP contribution in [0.1, 0.15) is 48.3 Å². The van der Waals surface area contributed by atoms with Gasteiger partial charge in [-0.25, -0.2) is 0 Å². The van der Waals surface area contributed by atoms with Crippen LogP contribution < -0.4 is 0 Å². The molecule has 98 valence electrons. The van der Waals surface area contributed by atoms with E-state index in [1.54, 1.807) is 5.57 Å². The Bertz CT molecular complexity index is 608. The minimum absolute atomic E-state index is 0.155. The van der Waals surface area contributed by atoms with Gasteiger partial charge in [0.15, 0.2) is 5.78 Å². The van der Waals surface area contributed by atoms with E-state index in [1.165, 1.54) is 12.1 Å². The molecule has 1 aromatic heterocycles. The number of fused-ring (bicyclic) bond motifs is 2. The van der Waals surface area contributed by atoms with Crippen LogP contribution in [-0.2, 0) is 6.54 Å². The van der Waals surface area contributed by atoms with Crippen molar-refractivity contribution in [2.24, 2.45) is 11.8 Å². The van der Waals surface area contributed by atoms with Crippen molar-refractivity contribution in [1.29, 1.82) is 0 Å². The highest BCUT2D eigenvalue weighted by Gasteiger charge is 2.43. The lowest BCUT2D eigenvalue weighted by atomic mass is 9.88. The quantitative estimate of drug-likeness (QED) is 0.777. The molecule has 19 heavy (non-hydrogen) atoms.